The molecule has 0 aliphatic carbocycles. The highest BCUT2D eigenvalue weighted by Crippen LogP contribution is 2.38. The zero-order valence-electron chi connectivity index (χ0n) is 20.9. The number of hydrogen-bond acceptors (Lipinski definition) is 8. The summed E-state index contributed by atoms with van der Waals surface area (Å²) < 4.78 is 24.4. The molecule has 0 saturated carbocycles. The summed E-state index contributed by atoms with van der Waals surface area (Å²) in [5.74, 6) is 1.25. The number of halogens is 2. The van der Waals surface area contributed by atoms with Gasteiger partial charge in [0, 0.05) is 6.07 Å². The third-order valence-corrected chi connectivity index (χ3v) is 8.09. The maximum Gasteiger partial charge on any atom is 0.338 e. The van der Waals surface area contributed by atoms with Gasteiger partial charge in [0.25, 0.3) is 5.56 Å². The third-order valence-electron chi connectivity index (χ3n) is 6.16. The number of fused-ring (bicyclic) bond motifs is 2. The lowest BCUT2D eigenvalue weighted by Crippen LogP contribution is -2.40. The van der Waals surface area contributed by atoms with Gasteiger partial charge in [0.1, 0.15) is 5.75 Å². The largest absolute Gasteiger partial charge is 0.496 e. The van der Waals surface area contributed by atoms with Crippen LogP contribution in [0.2, 0.25) is 5.02 Å². The van der Waals surface area contributed by atoms with Crippen LogP contribution >= 0.6 is 38.9 Å². The van der Waals surface area contributed by atoms with Gasteiger partial charge in [-0.25, -0.2) is 9.79 Å². The first-order valence-electron chi connectivity index (χ1n) is 12.0. The second kappa shape index (κ2) is 11.0. The summed E-state index contributed by atoms with van der Waals surface area (Å²) in [5.41, 5.74) is 2.00. The van der Waals surface area contributed by atoms with E-state index in [1.807, 2.05) is 19.1 Å². The molecule has 0 radical (unpaired) electrons. The van der Waals surface area contributed by atoms with Gasteiger partial charge in [-0.3, -0.25) is 9.36 Å². The fourth-order valence-electron chi connectivity index (χ4n) is 4.47. The number of carbonyl (C=O) groups is 1. The van der Waals surface area contributed by atoms with Crippen molar-refractivity contribution in [3.63, 3.8) is 0 Å². The highest BCUT2D eigenvalue weighted by atomic mass is 79.9. The Bertz CT molecular complexity index is 1640. The zero-order chi connectivity index (χ0) is 27.0. The molecule has 0 saturated heterocycles. The summed E-state index contributed by atoms with van der Waals surface area (Å²) in [4.78, 5) is 32.5. The number of benzene rings is 2. The van der Waals surface area contributed by atoms with Crippen molar-refractivity contribution in [2.75, 3.05) is 20.5 Å². The molecular weight excluding hydrogens is 596 g/mol. The Morgan fingerprint density at radius 3 is 2.71 bits per heavy atom. The van der Waals surface area contributed by atoms with E-state index < -0.39 is 12.0 Å². The predicted molar refractivity (Wildman–Crippen MR) is 148 cm³/mol. The molecule has 11 heteroatoms. The number of ether oxygens (including phenoxy) is 4. The Morgan fingerprint density at radius 2 is 2.03 bits per heavy atom. The second-order valence-corrected chi connectivity index (χ2v) is 10.8. The minimum atomic E-state index is -0.733. The molecule has 0 unspecified atom stereocenters. The molecule has 2 aromatic carbocycles. The molecule has 0 fully saturated rings. The van der Waals surface area contributed by atoms with Gasteiger partial charge < -0.3 is 18.9 Å². The van der Waals surface area contributed by atoms with Gasteiger partial charge in [0.2, 0.25) is 6.79 Å². The maximum absolute atomic E-state index is 13.9. The van der Waals surface area contributed by atoms with Crippen LogP contribution in [-0.4, -0.2) is 31.0 Å². The number of allylic oxidation sites excluding steroid dienone is 1. The van der Waals surface area contributed by atoms with Gasteiger partial charge in [-0.2, -0.15) is 0 Å². The molecule has 0 spiro atoms. The molecule has 1 atom stereocenters. The Morgan fingerprint density at radius 1 is 1.26 bits per heavy atom. The minimum Gasteiger partial charge on any atom is -0.496 e. The van der Waals surface area contributed by atoms with Crippen LogP contribution in [0, 0.1) is 0 Å². The highest BCUT2D eigenvalue weighted by Gasteiger charge is 2.34. The van der Waals surface area contributed by atoms with E-state index in [-0.39, 0.29) is 19.0 Å². The van der Waals surface area contributed by atoms with Crippen molar-refractivity contribution in [3.05, 3.63) is 81.9 Å². The summed E-state index contributed by atoms with van der Waals surface area (Å²) in [6.07, 6.45) is 3.03. The molecule has 2 aliphatic rings. The number of nitrogens with zero attached hydrogens (tertiary/aromatic N) is 2. The SMILES string of the molecule is CCCC1=C(C(=O)OCC)[C@H](c2ccc(OC)c(Br)c2)n2c(s/c(=C\c3cc4c(cc3Cl)OCO4)c2=O)=N1. The monoisotopic (exact) mass is 618 g/mol. The number of thiazole rings is 1. The maximum atomic E-state index is 13.9. The average Bonchev–Trinajstić information content (AvgIpc) is 3.47. The minimum absolute atomic E-state index is 0.117. The molecule has 38 heavy (non-hydrogen) atoms. The second-order valence-electron chi connectivity index (χ2n) is 8.53. The first-order valence-corrected chi connectivity index (χ1v) is 14.0. The zero-order valence-corrected chi connectivity index (χ0v) is 24.0. The summed E-state index contributed by atoms with van der Waals surface area (Å²) in [6.45, 7) is 4.09. The topological polar surface area (TPSA) is 88.4 Å². The molecule has 2 aliphatic heterocycles. The Balaban J connectivity index is 1.75. The van der Waals surface area contributed by atoms with Gasteiger partial charge in [-0.05, 0) is 64.7 Å². The van der Waals surface area contributed by atoms with E-state index in [1.165, 1.54) is 11.3 Å². The van der Waals surface area contributed by atoms with Crippen LogP contribution in [0.5, 0.6) is 17.2 Å². The van der Waals surface area contributed by atoms with Crippen LogP contribution in [0.15, 0.2) is 55.9 Å². The average molecular weight is 620 g/mol. The molecule has 3 aromatic rings. The van der Waals surface area contributed by atoms with Crippen LogP contribution in [0.25, 0.3) is 6.08 Å². The standard InChI is InChI=1S/C27H24BrClN2O6S/c1-4-6-18-23(26(33)35-5-2)24(14-7-8-19(34-3)16(28)9-14)31-25(32)22(38-27(31)30-18)11-15-10-20-21(12-17(15)29)37-13-36-20/h7-12,24H,4-6,13H2,1-3H3/b22-11-/t24-/m0/s1. The number of hydrogen-bond donors (Lipinski definition) is 0. The quantitative estimate of drug-likeness (QED) is 0.356. The van der Waals surface area contributed by atoms with E-state index in [9.17, 15) is 9.59 Å². The molecule has 0 bridgehead atoms. The van der Waals surface area contributed by atoms with E-state index in [1.54, 1.807) is 42.9 Å². The van der Waals surface area contributed by atoms with Gasteiger partial charge >= 0.3 is 5.97 Å². The van der Waals surface area contributed by atoms with Crippen molar-refractivity contribution in [3.8, 4) is 17.2 Å². The number of carbonyl (C=O) groups excluding carboxylic acids is 1. The van der Waals surface area contributed by atoms with Crippen LogP contribution in [-0.2, 0) is 9.53 Å². The predicted octanol–water partition coefficient (Wildman–Crippen LogP) is 4.73. The molecule has 1 aromatic heterocycles. The van der Waals surface area contributed by atoms with E-state index in [4.69, 9.17) is 35.5 Å². The van der Waals surface area contributed by atoms with Crippen LogP contribution in [0.1, 0.15) is 43.9 Å². The summed E-state index contributed by atoms with van der Waals surface area (Å²) in [7, 11) is 1.58. The highest BCUT2D eigenvalue weighted by molar-refractivity contribution is 9.10. The van der Waals surface area contributed by atoms with E-state index in [0.29, 0.717) is 59.3 Å². The van der Waals surface area contributed by atoms with Gasteiger partial charge in [-0.1, -0.05) is 42.3 Å². The van der Waals surface area contributed by atoms with Crippen molar-refractivity contribution < 1.29 is 23.7 Å². The molecule has 8 nitrogen and oxygen atoms in total. The normalized spacial score (nSPS) is 16.3. The van der Waals surface area contributed by atoms with Gasteiger partial charge in [0.05, 0.1) is 45.1 Å². The van der Waals surface area contributed by atoms with Crippen LogP contribution in [0.3, 0.4) is 0 Å². The molecular formula is C27H24BrClN2O6S. The van der Waals surface area contributed by atoms with Crippen molar-refractivity contribution in [2.24, 2.45) is 4.99 Å². The molecule has 198 valence electrons. The summed E-state index contributed by atoms with van der Waals surface area (Å²) >= 11 is 11.3. The Kier molecular flexibility index (Phi) is 7.65. The van der Waals surface area contributed by atoms with E-state index in [2.05, 4.69) is 15.9 Å². The fraction of sp³-hybridized carbons (Fsp3) is 0.296. The van der Waals surface area contributed by atoms with Gasteiger partial charge in [-0.15, -0.1) is 0 Å². The lowest BCUT2D eigenvalue weighted by Gasteiger charge is -2.26. The smallest absolute Gasteiger partial charge is 0.338 e. The summed E-state index contributed by atoms with van der Waals surface area (Å²) in [5, 5.41) is 0.426. The van der Waals surface area contributed by atoms with E-state index in [0.717, 1.165) is 12.0 Å². The molecule has 3 heterocycles. The van der Waals surface area contributed by atoms with Crippen LogP contribution < -0.4 is 29.1 Å². The fourth-order valence-corrected chi connectivity index (χ4v) is 6.25. The number of methoxy groups -OCH3 is 1. The first kappa shape index (κ1) is 26.5. The van der Waals surface area contributed by atoms with Crippen molar-refractivity contribution in [1.82, 2.24) is 4.57 Å². The van der Waals surface area contributed by atoms with Crippen molar-refractivity contribution >= 4 is 50.9 Å². The number of esters is 1. The number of aromatic nitrogens is 1. The molecule has 0 amide bonds. The van der Waals surface area contributed by atoms with Crippen molar-refractivity contribution in [1.29, 1.82) is 0 Å². The molecule has 5 rings (SSSR count). The Labute approximate surface area is 235 Å². The Hall–Kier alpha value is -3.08. The third kappa shape index (κ3) is 4.76. The first-order chi connectivity index (χ1) is 18.4. The number of rotatable bonds is 7. The van der Waals surface area contributed by atoms with Crippen LogP contribution in [0.4, 0.5) is 0 Å². The molecule has 0 N–H and O–H groups in total. The lowest BCUT2D eigenvalue weighted by atomic mass is 9.94. The lowest BCUT2D eigenvalue weighted by molar-refractivity contribution is -0.139. The van der Waals surface area contributed by atoms with Gasteiger partial charge in [0.15, 0.2) is 16.3 Å². The summed E-state index contributed by atoms with van der Waals surface area (Å²) in [6, 6.07) is 8.17. The van der Waals surface area contributed by atoms with Crippen molar-refractivity contribution in [2.45, 2.75) is 32.7 Å². The van der Waals surface area contributed by atoms with E-state index >= 15 is 0 Å².